The third-order valence-corrected chi connectivity index (χ3v) is 1.52. The molecule has 1 aromatic heterocycles. The first kappa shape index (κ1) is 8.73. The Morgan fingerprint density at radius 3 is 3.17 bits per heavy atom. The molecule has 5 nitrogen and oxygen atoms in total. The van der Waals surface area contributed by atoms with E-state index >= 15 is 0 Å². The van der Waals surface area contributed by atoms with Gasteiger partial charge in [-0.25, -0.2) is 4.79 Å². The molecule has 0 aliphatic carbocycles. The van der Waals surface area contributed by atoms with Gasteiger partial charge in [0.25, 0.3) is 0 Å². The van der Waals surface area contributed by atoms with Crippen LogP contribution in [0.5, 0.6) is 0 Å². The maximum atomic E-state index is 11.0. The molecule has 12 heavy (non-hydrogen) atoms. The van der Waals surface area contributed by atoms with Crippen molar-refractivity contribution >= 4 is 5.97 Å². The Balaban J connectivity index is 2.83. The summed E-state index contributed by atoms with van der Waals surface area (Å²) in [5.41, 5.74) is 6.52. The summed E-state index contributed by atoms with van der Waals surface area (Å²) < 4.78 is 4.54. The number of H-pyrrole nitrogens is 1. The number of hydrogen-bond donors (Lipinski definition) is 2. The topological polar surface area (TPSA) is 81.0 Å². The van der Waals surface area contributed by atoms with Gasteiger partial charge in [0.2, 0.25) is 0 Å². The third kappa shape index (κ3) is 1.62. The molecule has 0 bridgehead atoms. The van der Waals surface area contributed by atoms with Crippen LogP contribution in [0.3, 0.4) is 0 Å². The lowest BCUT2D eigenvalue weighted by Crippen LogP contribution is -2.08. The van der Waals surface area contributed by atoms with Gasteiger partial charge in [-0.05, 0) is 6.54 Å². The maximum absolute atomic E-state index is 11.0. The number of hydrogen-bond acceptors (Lipinski definition) is 4. The molecule has 0 aliphatic heterocycles. The first-order valence-electron chi connectivity index (χ1n) is 3.60. The SMILES string of the molecule is COC(=O)c1cn[nH]c1CCN. The van der Waals surface area contributed by atoms with Gasteiger partial charge in [0.05, 0.1) is 19.0 Å². The van der Waals surface area contributed by atoms with Gasteiger partial charge >= 0.3 is 5.97 Å². The van der Waals surface area contributed by atoms with E-state index in [0.717, 1.165) is 5.69 Å². The Bertz CT molecular complexity index is 269. The monoisotopic (exact) mass is 169 g/mol. The second kappa shape index (κ2) is 3.87. The number of ether oxygens (including phenoxy) is 1. The molecule has 3 N–H and O–H groups in total. The number of rotatable bonds is 3. The van der Waals surface area contributed by atoms with Crippen molar-refractivity contribution in [2.45, 2.75) is 6.42 Å². The van der Waals surface area contributed by atoms with Crippen LogP contribution >= 0.6 is 0 Å². The van der Waals surface area contributed by atoms with Gasteiger partial charge in [-0.2, -0.15) is 5.10 Å². The molecule has 0 fully saturated rings. The third-order valence-electron chi connectivity index (χ3n) is 1.52. The largest absolute Gasteiger partial charge is 0.465 e. The number of methoxy groups -OCH3 is 1. The Morgan fingerprint density at radius 2 is 2.58 bits per heavy atom. The van der Waals surface area contributed by atoms with E-state index < -0.39 is 0 Å². The van der Waals surface area contributed by atoms with E-state index in [1.54, 1.807) is 0 Å². The summed E-state index contributed by atoms with van der Waals surface area (Å²) in [5, 5.41) is 6.42. The van der Waals surface area contributed by atoms with Crippen LogP contribution in [0.4, 0.5) is 0 Å². The van der Waals surface area contributed by atoms with Crippen LogP contribution in [0.25, 0.3) is 0 Å². The number of aromatic nitrogens is 2. The molecule has 66 valence electrons. The number of aromatic amines is 1. The molecule has 1 aromatic rings. The standard InChI is InChI=1S/C7H11N3O2/c1-12-7(11)5-4-9-10-6(5)2-3-8/h4H,2-3,8H2,1H3,(H,9,10). The van der Waals surface area contributed by atoms with E-state index in [-0.39, 0.29) is 5.97 Å². The van der Waals surface area contributed by atoms with Gasteiger partial charge < -0.3 is 10.5 Å². The van der Waals surface area contributed by atoms with Gasteiger partial charge in [0, 0.05) is 6.42 Å². The number of esters is 1. The summed E-state index contributed by atoms with van der Waals surface area (Å²) in [6.07, 6.45) is 2.04. The van der Waals surface area contributed by atoms with Gasteiger partial charge in [-0.3, -0.25) is 5.10 Å². The molecule has 0 saturated heterocycles. The molecule has 0 amide bonds. The zero-order valence-corrected chi connectivity index (χ0v) is 6.83. The van der Waals surface area contributed by atoms with Gasteiger partial charge in [-0.1, -0.05) is 0 Å². The molecule has 1 rings (SSSR count). The predicted molar refractivity (Wildman–Crippen MR) is 42.7 cm³/mol. The molecule has 0 aliphatic rings. The number of carbonyl (C=O) groups is 1. The summed E-state index contributed by atoms with van der Waals surface area (Å²) in [6.45, 7) is 0.478. The second-order valence-electron chi connectivity index (χ2n) is 2.29. The molecular formula is C7H11N3O2. The van der Waals surface area contributed by atoms with E-state index in [1.165, 1.54) is 13.3 Å². The average Bonchev–Trinajstić information content (AvgIpc) is 2.52. The first-order chi connectivity index (χ1) is 5.79. The average molecular weight is 169 g/mol. The predicted octanol–water partition coefficient (Wildman–Crippen LogP) is -0.303. The minimum atomic E-state index is -0.382. The Labute approximate surface area is 69.9 Å². The molecule has 1 heterocycles. The Morgan fingerprint density at radius 1 is 1.83 bits per heavy atom. The minimum absolute atomic E-state index is 0.382. The highest BCUT2D eigenvalue weighted by molar-refractivity contribution is 5.90. The highest BCUT2D eigenvalue weighted by Gasteiger charge is 2.12. The Hall–Kier alpha value is -1.36. The molecule has 5 heteroatoms. The highest BCUT2D eigenvalue weighted by atomic mass is 16.5. The summed E-state index contributed by atoms with van der Waals surface area (Å²) in [6, 6.07) is 0. The van der Waals surface area contributed by atoms with Crippen molar-refractivity contribution in [2.75, 3.05) is 13.7 Å². The molecular weight excluding hydrogens is 158 g/mol. The van der Waals surface area contributed by atoms with E-state index in [0.29, 0.717) is 18.5 Å². The lowest BCUT2D eigenvalue weighted by atomic mass is 10.2. The Kier molecular flexibility index (Phi) is 2.82. The first-order valence-corrected chi connectivity index (χ1v) is 3.60. The van der Waals surface area contributed by atoms with Crippen LogP contribution in [0, 0.1) is 0 Å². The fraction of sp³-hybridized carbons (Fsp3) is 0.429. The summed E-state index contributed by atoms with van der Waals surface area (Å²) in [7, 11) is 1.33. The van der Waals surface area contributed by atoms with Gasteiger partial charge in [0.1, 0.15) is 5.56 Å². The second-order valence-corrected chi connectivity index (χ2v) is 2.29. The highest BCUT2D eigenvalue weighted by Crippen LogP contribution is 2.05. The molecule has 0 radical (unpaired) electrons. The van der Waals surface area contributed by atoms with Crippen LogP contribution in [0.2, 0.25) is 0 Å². The quantitative estimate of drug-likeness (QED) is 0.608. The smallest absolute Gasteiger partial charge is 0.341 e. The summed E-state index contributed by atoms with van der Waals surface area (Å²) >= 11 is 0. The number of nitrogens with two attached hydrogens (primary N) is 1. The lowest BCUT2D eigenvalue weighted by molar-refractivity contribution is 0.0599. The van der Waals surface area contributed by atoms with Crippen molar-refractivity contribution < 1.29 is 9.53 Å². The fourth-order valence-corrected chi connectivity index (χ4v) is 0.934. The minimum Gasteiger partial charge on any atom is -0.465 e. The van der Waals surface area contributed by atoms with E-state index in [2.05, 4.69) is 14.9 Å². The number of nitrogens with zero attached hydrogens (tertiary/aromatic N) is 1. The van der Waals surface area contributed by atoms with Crippen LogP contribution < -0.4 is 5.73 Å². The van der Waals surface area contributed by atoms with Gasteiger partial charge in [0.15, 0.2) is 0 Å². The zero-order chi connectivity index (χ0) is 8.97. The summed E-state index contributed by atoms with van der Waals surface area (Å²) in [4.78, 5) is 11.0. The maximum Gasteiger partial charge on any atom is 0.341 e. The van der Waals surface area contributed by atoms with Crippen molar-refractivity contribution in [3.63, 3.8) is 0 Å². The molecule has 0 aromatic carbocycles. The molecule has 0 unspecified atom stereocenters. The van der Waals surface area contributed by atoms with Crippen LogP contribution in [0.15, 0.2) is 6.20 Å². The van der Waals surface area contributed by atoms with Crippen molar-refractivity contribution in [2.24, 2.45) is 5.73 Å². The van der Waals surface area contributed by atoms with Crippen molar-refractivity contribution in [3.05, 3.63) is 17.5 Å². The number of nitrogens with one attached hydrogen (secondary N) is 1. The lowest BCUT2D eigenvalue weighted by Gasteiger charge is -1.98. The van der Waals surface area contributed by atoms with E-state index in [1.807, 2.05) is 0 Å². The normalized spacial score (nSPS) is 9.83. The van der Waals surface area contributed by atoms with Crippen molar-refractivity contribution in [3.8, 4) is 0 Å². The van der Waals surface area contributed by atoms with E-state index in [4.69, 9.17) is 5.73 Å². The zero-order valence-electron chi connectivity index (χ0n) is 6.83. The molecule has 0 saturated carbocycles. The van der Waals surface area contributed by atoms with Crippen LogP contribution in [-0.4, -0.2) is 29.8 Å². The summed E-state index contributed by atoms with van der Waals surface area (Å²) in [5.74, 6) is -0.382. The van der Waals surface area contributed by atoms with E-state index in [9.17, 15) is 4.79 Å². The van der Waals surface area contributed by atoms with Crippen molar-refractivity contribution in [1.29, 1.82) is 0 Å². The molecule has 0 atom stereocenters. The van der Waals surface area contributed by atoms with Crippen molar-refractivity contribution in [1.82, 2.24) is 10.2 Å². The van der Waals surface area contributed by atoms with Gasteiger partial charge in [-0.15, -0.1) is 0 Å². The fourth-order valence-electron chi connectivity index (χ4n) is 0.934. The van der Waals surface area contributed by atoms with Crippen LogP contribution in [-0.2, 0) is 11.2 Å². The number of carbonyl (C=O) groups excluding carboxylic acids is 1. The molecule has 0 spiro atoms. The van der Waals surface area contributed by atoms with Crippen LogP contribution in [0.1, 0.15) is 16.1 Å².